The van der Waals surface area contributed by atoms with Crippen LogP contribution in [-0.4, -0.2) is 22.6 Å². The monoisotopic (exact) mass is 453 g/mol. The minimum Gasteiger partial charge on any atom is -0.346 e. The van der Waals surface area contributed by atoms with Gasteiger partial charge in [0, 0.05) is 28.6 Å². The Morgan fingerprint density at radius 3 is 2.21 bits per heavy atom. The predicted molar refractivity (Wildman–Crippen MR) is 126 cm³/mol. The van der Waals surface area contributed by atoms with E-state index in [1.165, 1.54) is 30.3 Å². The summed E-state index contributed by atoms with van der Waals surface area (Å²) in [5, 5.41) is 5.53. The van der Waals surface area contributed by atoms with Crippen molar-refractivity contribution < 1.29 is 18.8 Å². The van der Waals surface area contributed by atoms with Gasteiger partial charge in [0.25, 0.3) is 11.8 Å². The SMILES string of the molecule is O=C(NCc1ccccn1)c1cccc(NC(=O)c2ccccc2C(=O)c2ccc(F)cc2)c1. The molecule has 1 aromatic heterocycles. The molecule has 0 radical (unpaired) electrons. The highest BCUT2D eigenvalue weighted by atomic mass is 19.1. The van der Waals surface area contributed by atoms with E-state index in [1.54, 1.807) is 54.7 Å². The average Bonchev–Trinajstić information content (AvgIpc) is 2.88. The molecule has 0 bridgehead atoms. The van der Waals surface area contributed by atoms with E-state index in [9.17, 15) is 18.8 Å². The maximum Gasteiger partial charge on any atom is 0.256 e. The van der Waals surface area contributed by atoms with Crippen LogP contribution < -0.4 is 10.6 Å². The fourth-order valence-corrected chi connectivity index (χ4v) is 3.35. The molecule has 4 aromatic rings. The van der Waals surface area contributed by atoms with Crippen molar-refractivity contribution in [2.24, 2.45) is 0 Å². The third-order valence-corrected chi connectivity index (χ3v) is 5.06. The van der Waals surface area contributed by atoms with E-state index in [-0.39, 0.29) is 29.1 Å². The Hall–Kier alpha value is -4.65. The summed E-state index contributed by atoms with van der Waals surface area (Å²) in [5.41, 5.74) is 2.12. The number of nitrogens with zero attached hydrogens (tertiary/aromatic N) is 1. The standard InChI is InChI=1S/C27H20FN3O3/c28-20-13-11-18(12-14-20)25(32)23-9-1-2-10-24(23)27(34)31-21-8-5-6-19(16-21)26(33)30-17-22-7-3-4-15-29-22/h1-16H,17H2,(H,30,33)(H,31,34). The summed E-state index contributed by atoms with van der Waals surface area (Å²) < 4.78 is 13.2. The van der Waals surface area contributed by atoms with Crippen LogP contribution in [0.3, 0.4) is 0 Å². The van der Waals surface area contributed by atoms with E-state index in [2.05, 4.69) is 15.6 Å². The molecule has 0 saturated carbocycles. The van der Waals surface area contributed by atoms with E-state index in [4.69, 9.17) is 0 Å². The van der Waals surface area contributed by atoms with Crippen LogP contribution in [0.25, 0.3) is 0 Å². The molecular weight excluding hydrogens is 433 g/mol. The lowest BCUT2D eigenvalue weighted by atomic mass is 9.98. The zero-order valence-corrected chi connectivity index (χ0v) is 18.0. The van der Waals surface area contributed by atoms with Gasteiger partial charge >= 0.3 is 0 Å². The molecule has 0 aliphatic carbocycles. The lowest BCUT2D eigenvalue weighted by molar-refractivity contribution is 0.0949. The van der Waals surface area contributed by atoms with Crippen molar-refractivity contribution in [3.05, 3.63) is 131 Å². The summed E-state index contributed by atoms with van der Waals surface area (Å²) in [5.74, 6) is -1.66. The first kappa shape index (κ1) is 22.5. The highest BCUT2D eigenvalue weighted by molar-refractivity contribution is 6.17. The Bertz CT molecular complexity index is 1340. The summed E-state index contributed by atoms with van der Waals surface area (Å²) in [6, 6.07) is 23.5. The van der Waals surface area contributed by atoms with Gasteiger partial charge in [-0.05, 0) is 60.7 Å². The van der Waals surface area contributed by atoms with Gasteiger partial charge in [0.05, 0.1) is 17.8 Å². The molecule has 7 heteroatoms. The second-order valence-corrected chi connectivity index (χ2v) is 7.42. The lowest BCUT2D eigenvalue weighted by Gasteiger charge is -2.11. The van der Waals surface area contributed by atoms with Crippen LogP contribution in [0.15, 0.2) is 97.2 Å². The number of nitrogens with one attached hydrogen (secondary N) is 2. The minimum absolute atomic E-state index is 0.168. The summed E-state index contributed by atoms with van der Waals surface area (Å²) in [6.07, 6.45) is 1.65. The zero-order chi connectivity index (χ0) is 23.9. The van der Waals surface area contributed by atoms with E-state index in [1.807, 2.05) is 12.1 Å². The molecule has 34 heavy (non-hydrogen) atoms. The number of hydrogen-bond acceptors (Lipinski definition) is 4. The first-order valence-corrected chi connectivity index (χ1v) is 10.5. The Labute approximate surface area is 195 Å². The molecule has 0 aliphatic rings. The Morgan fingerprint density at radius 2 is 1.47 bits per heavy atom. The molecule has 0 aliphatic heterocycles. The second-order valence-electron chi connectivity index (χ2n) is 7.42. The number of amides is 2. The van der Waals surface area contributed by atoms with Crippen molar-refractivity contribution in [3.63, 3.8) is 0 Å². The highest BCUT2D eigenvalue weighted by Crippen LogP contribution is 2.18. The second kappa shape index (κ2) is 10.3. The Morgan fingerprint density at radius 1 is 0.735 bits per heavy atom. The normalized spacial score (nSPS) is 10.4. The quantitative estimate of drug-likeness (QED) is 0.399. The van der Waals surface area contributed by atoms with E-state index < -0.39 is 17.5 Å². The van der Waals surface area contributed by atoms with Crippen molar-refractivity contribution in [3.8, 4) is 0 Å². The van der Waals surface area contributed by atoms with Crippen molar-refractivity contribution in [2.45, 2.75) is 6.54 Å². The van der Waals surface area contributed by atoms with Gasteiger partial charge in [-0.1, -0.05) is 30.3 Å². The molecular formula is C27H20FN3O3. The summed E-state index contributed by atoms with van der Waals surface area (Å²) >= 11 is 0. The number of hydrogen-bond donors (Lipinski definition) is 2. The fourth-order valence-electron chi connectivity index (χ4n) is 3.35. The van der Waals surface area contributed by atoms with Gasteiger partial charge < -0.3 is 10.6 Å². The molecule has 4 rings (SSSR count). The third kappa shape index (κ3) is 5.39. The topological polar surface area (TPSA) is 88.2 Å². The van der Waals surface area contributed by atoms with Gasteiger partial charge in [-0.15, -0.1) is 0 Å². The van der Waals surface area contributed by atoms with Gasteiger partial charge in [0.15, 0.2) is 5.78 Å². The molecule has 0 fully saturated rings. The van der Waals surface area contributed by atoms with E-state index >= 15 is 0 Å². The van der Waals surface area contributed by atoms with Crippen LogP contribution in [0.2, 0.25) is 0 Å². The molecule has 2 N–H and O–H groups in total. The number of rotatable bonds is 7. The van der Waals surface area contributed by atoms with Crippen LogP contribution in [0, 0.1) is 5.82 Å². The van der Waals surface area contributed by atoms with Gasteiger partial charge in [-0.3, -0.25) is 19.4 Å². The molecule has 3 aromatic carbocycles. The number of halogens is 1. The number of pyridine rings is 1. The van der Waals surface area contributed by atoms with Gasteiger partial charge in [-0.2, -0.15) is 0 Å². The molecule has 168 valence electrons. The number of carbonyl (C=O) groups excluding carboxylic acids is 3. The fraction of sp³-hybridized carbons (Fsp3) is 0.0370. The van der Waals surface area contributed by atoms with Crippen LogP contribution in [0.1, 0.15) is 42.3 Å². The largest absolute Gasteiger partial charge is 0.346 e. The number of ketones is 1. The Kier molecular flexibility index (Phi) is 6.84. The lowest BCUT2D eigenvalue weighted by Crippen LogP contribution is -2.23. The van der Waals surface area contributed by atoms with Crippen molar-refractivity contribution >= 4 is 23.3 Å². The number of benzene rings is 3. The molecule has 0 saturated heterocycles. The van der Waals surface area contributed by atoms with Gasteiger partial charge in [0.2, 0.25) is 0 Å². The summed E-state index contributed by atoms with van der Waals surface area (Å²) in [7, 11) is 0. The van der Waals surface area contributed by atoms with Crippen molar-refractivity contribution in [2.75, 3.05) is 5.32 Å². The zero-order valence-electron chi connectivity index (χ0n) is 18.0. The molecule has 2 amide bonds. The van der Waals surface area contributed by atoms with Crippen molar-refractivity contribution in [1.82, 2.24) is 10.3 Å². The molecule has 1 heterocycles. The highest BCUT2D eigenvalue weighted by Gasteiger charge is 2.18. The van der Waals surface area contributed by atoms with Crippen LogP contribution >= 0.6 is 0 Å². The van der Waals surface area contributed by atoms with Crippen molar-refractivity contribution in [1.29, 1.82) is 0 Å². The summed E-state index contributed by atoms with van der Waals surface area (Å²) in [6.45, 7) is 0.273. The Balaban J connectivity index is 1.49. The molecule has 0 spiro atoms. The first-order chi connectivity index (χ1) is 16.5. The van der Waals surface area contributed by atoms with Gasteiger partial charge in [-0.25, -0.2) is 4.39 Å². The smallest absolute Gasteiger partial charge is 0.256 e. The van der Waals surface area contributed by atoms with E-state index in [0.29, 0.717) is 11.3 Å². The van der Waals surface area contributed by atoms with Crippen LogP contribution in [-0.2, 0) is 6.54 Å². The number of aromatic nitrogens is 1. The maximum absolute atomic E-state index is 13.2. The number of carbonyl (C=O) groups is 3. The number of anilines is 1. The van der Waals surface area contributed by atoms with Crippen LogP contribution in [0.5, 0.6) is 0 Å². The maximum atomic E-state index is 13.2. The van der Waals surface area contributed by atoms with E-state index in [0.717, 1.165) is 5.69 Å². The third-order valence-electron chi connectivity index (χ3n) is 5.06. The minimum atomic E-state index is -0.503. The van der Waals surface area contributed by atoms with Gasteiger partial charge in [0.1, 0.15) is 5.82 Å². The first-order valence-electron chi connectivity index (χ1n) is 10.5. The molecule has 6 nitrogen and oxygen atoms in total. The molecule has 0 atom stereocenters. The van der Waals surface area contributed by atoms with Crippen LogP contribution in [0.4, 0.5) is 10.1 Å². The predicted octanol–water partition coefficient (Wildman–Crippen LogP) is 4.63. The average molecular weight is 453 g/mol. The summed E-state index contributed by atoms with van der Waals surface area (Å²) in [4.78, 5) is 42.6. The molecule has 0 unspecified atom stereocenters.